The van der Waals surface area contributed by atoms with Crippen molar-refractivity contribution >= 4 is 23.4 Å². The van der Waals surface area contributed by atoms with Gasteiger partial charge < -0.3 is 19.1 Å². The molecule has 1 fully saturated rings. The highest BCUT2D eigenvalue weighted by molar-refractivity contribution is 6.31. The molecule has 34 heavy (non-hydrogen) atoms. The standard InChI is InChI=1S/C25H20ClN5O3/c26-19-4-3-18-9-17(19)13-29-7-8-30(14-24(29)32)25(33)21-12-28-23-6-5-20(31(21)23)15-1-2-16(11-27)22(10-15)34-18/h1-4,9-10,12,20H,5-8,13-14H2/t20-/m1/s1. The molecule has 2 amide bonds. The lowest BCUT2D eigenvalue weighted by atomic mass is 10.0. The number of amides is 2. The molecule has 3 aromatic rings. The largest absolute Gasteiger partial charge is 0.456 e. The molecule has 1 atom stereocenters. The van der Waals surface area contributed by atoms with E-state index in [0.29, 0.717) is 47.4 Å². The summed E-state index contributed by atoms with van der Waals surface area (Å²) in [6.07, 6.45) is 3.13. The van der Waals surface area contributed by atoms with Gasteiger partial charge in [-0.05, 0) is 47.9 Å². The molecule has 4 aliphatic rings. The van der Waals surface area contributed by atoms with Gasteiger partial charge in [-0.15, -0.1) is 0 Å². The molecule has 7 rings (SSSR count). The maximum absolute atomic E-state index is 13.4. The van der Waals surface area contributed by atoms with Crippen LogP contribution in [0.2, 0.25) is 5.02 Å². The van der Waals surface area contributed by atoms with Gasteiger partial charge in [-0.3, -0.25) is 9.59 Å². The number of fused-ring (bicyclic) bond motifs is 2. The van der Waals surface area contributed by atoms with E-state index in [2.05, 4.69) is 11.1 Å². The third kappa shape index (κ3) is 3.32. The molecule has 2 aromatic carbocycles. The molecule has 0 N–H and O–H groups in total. The lowest BCUT2D eigenvalue weighted by Crippen LogP contribution is -2.52. The first-order valence-electron chi connectivity index (χ1n) is 11.2. The minimum Gasteiger partial charge on any atom is -0.456 e. The fourth-order valence-corrected chi connectivity index (χ4v) is 5.18. The van der Waals surface area contributed by atoms with Crippen LogP contribution in [0.5, 0.6) is 11.5 Å². The maximum atomic E-state index is 13.4. The number of nitrogens with zero attached hydrogens (tertiary/aromatic N) is 5. The number of piperazine rings is 1. The molecule has 4 aliphatic heterocycles. The van der Waals surface area contributed by atoms with E-state index in [1.165, 1.54) is 0 Å². The van der Waals surface area contributed by atoms with Gasteiger partial charge in [0.1, 0.15) is 35.6 Å². The molecular weight excluding hydrogens is 454 g/mol. The lowest BCUT2D eigenvalue weighted by molar-refractivity contribution is -0.135. The molecule has 5 heterocycles. The number of hydrogen-bond donors (Lipinski definition) is 0. The van der Waals surface area contributed by atoms with E-state index in [9.17, 15) is 14.9 Å². The van der Waals surface area contributed by atoms with Crippen LogP contribution in [0, 0.1) is 11.3 Å². The summed E-state index contributed by atoms with van der Waals surface area (Å²) in [5.41, 5.74) is 2.56. The number of carbonyl (C=O) groups is 2. The number of benzene rings is 2. The van der Waals surface area contributed by atoms with E-state index in [-0.39, 0.29) is 24.4 Å². The minimum atomic E-state index is -0.198. The van der Waals surface area contributed by atoms with Gasteiger partial charge in [0.2, 0.25) is 5.91 Å². The van der Waals surface area contributed by atoms with Crippen molar-refractivity contribution in [1.29, 1.82) is 5.26 Å². The summed E-state index contributed by atoms with van der Waals surface area (Å²) < 4.78 is 8.13. The smallest absolute Gasteiger partial charge is 0.272 e. The summed E-state index contributed by atoms with van der Waals surface area (Å²) in [6.45, 7) is 1.17. The summed E-state index contributed by atoms with van der Waals surface area (Å²) in [5.74, 6) is 1.48. The molecular formula is C25H20ClN5O3. The first-order valence-corrected chi connectivity index (χ1v) is 11.5. The molecule has 1 aromatic heterocycles. The monoisotopic (exact) mass is 473 g/mol. The van der Waals surface area contributed by atoms with Crippen molar-refractivity contribution in [3.63, 3.8) is 0 Å². The molecule has 0 saturated carbocycles. The van der Waals surface area contributed by atoms with Gasteiger partial charge in [-0.25, -0.2) is 4.98 Å². The second-order valence-corrected chi connectivity index (χ2v) is 9.16. The zero-order valence-corrected chi connectivity index (χ0v) is 19.0. The van der Waals surface area contributed by atoms with Gasteiger partial charge in [0.25, 0.3) is 5.91 Å². The second-order valence-electron chi connectivity index (χ2n) is 8.75. The summed E-state index contributed by atoms with van der Waals surface area (Å²) in [5, 5.41) is 10.2. The number of rotatable bonds is 0. The molecule has 6 bridgehead atoms. The normalized spacial score (nSPS) is 19.1. The number of imidazole rings is 1. The molecule has 0 aliphatic carbocycles. The molecule has 8 nitrogen and oxygen atoms in total. The number of aromatic nitrogens is 2. The van der Waals surface area contributed by atoms with E-state index >= 15 is 0 Å². The molecule has 0 radical (unpaired) electrons. The van der Waals surface area contributed by atoms with E-state index in [1.54, 1.807) is 40.3 Å². The van der Waals surface area contributed by atoms with Gasteiger partial charge >= 0.3 is 0 Å². The van der Waals surface area contributed by atoms with Crippen LogP contribution >= 0.6 is 11.6 Å². The Kier molecular flexibility index (Phi) is 4.82. The third-order valence-electron chi connectivity index (χ3n) is 6.77. The van der Waals surface area contributed by atoms with Crippen molar-refractivity contribution in [3.05, 3.63) is 75.8 Å². The Labute approximate surface area is 200 Å². The summed E-state index contributed by atoms with van der Waals surface area (Å²) in [4.78, 5) is 34.2. The van der Waals surface area contributed by atoms with Gasteiger partial charge in [0.15, 0.2) is 0 Å². The Bertz CT molecular complexity index is 1390. The van der Waals surface area contributed by atoms with Crippen LogP contribution in [0.25, 0.3) is 0 Å². The number of nitriles is 1. The first-order chi connectivity index (χ1) is 16.5. The van der Waals surface area contributed by atoms with Gasteiger partial charge in [0, 0.05) is 31.1 Å². The van der Waals surface area contributed by atoms with Crippen LogP contribution in [0.3, 0.4) is 0 Å². The molecule has 0 spiro atoms. The van der Waals surface area contributed by atoms with Crippen molar-refractivity contribution in [1.82, 2.24) is 19.4 Å². The van der Waals surface area contributed by atoms with Crippen molar-refractivity contribution in [2.24, 2.45) is 0 Å². The van der Waals surface area contributed by atoms with Crippen molar-refractivity contribution < 1.29 is 14.3 Å². The molecule has 0 unspecified atom stereocenters. The van der Waals surface area contributed by atoms with E-state index in [0.717, 1.165) is 29.8 Å². The van der Waals surface area contributed by atoms with Gasteiger partial charge in [-0.1, -0.05) is 17.7 Å². The van der Waals surface area contributed by atoms with Crippen LogP contribution in [-0.4, -0.2) is 50.8 Å². The first kappa shape index (κ1) is 20.8. The molecule has 1 saturated heterocycles. The zero-order valence-electron chi connectivity index (χ0n) is 18.2. The second kappa shape index (κ2) is 7.89. The highest BCUT2D eigenvalue weighted by Crippen LogP contribution is 2.37. The van der Waals surface area contributed by atoms with Crippen molar-refractivity contribution in [3.8, 4) is 17.6 Å². The van der Waals surface area contributed by atoms with Crippen LogP contribution in [0.4, 0.5) is 0 Å². The Morgan fingerprint density at radius 3 is 2.76 bits per heavy atom. The Hall–Kier alpha value is -3.83. The lowest BCUT2D eigenvalue weighted by Gasteiger charge is -2.35. The number of hydrogen-bond acceptors (Lipinski definition) is 5. The fraction of sp³-hybridized carbons (Fsp3) is 0.280. The van der Waals surface area contributed by atoms with Crippen LogP contribution < -0.4 is 4.74 Å². The quantitative estimate of drug-likeness (QED) is 0.498. The Balaban J connectivity index is 1.52. The zero-order chi connectivity index (χ0) is 23.4. The molecule has 9 heteroatoms. The SMILES string of the molecule is N#Cc1ccc2cc1Oc1ccc(Cl)c(c1)CN1CCN(CC1=O)C(=O)c1cnc3n1[C@@H]2CC3. The Morgan fingerprint density at radius 2 is 1.94 bits per heavy atom. The highest BCUT2D eigenvalue weighted by Gasteiger charge is 2.34. The summed E-state index contributed by atoms with van der Waals surface area (Å²) in [6, 6.07) is 12.9. The number of aryl methyl sites for hydroxylation is 1. The average Bonchev–Trinajstić information content (AvgIpc) is 3.44. The predicted molar refractivity (Wildman–Crippen MR) is 123 cm³/mol. The van der Waals surface area contributed by atoms with Gasteiger partial charge in [-0.2, -0.15) is 5.26 Å². The third-order valence-corrected chi connectivity index (χ3v) is 7.14. The van der Waals surface area contributed by atoms with Crippen molar-refractivity contribution in [2.75, 3.05) is 19.6 Å². The van der Waals surface area contributed by atoms with Crippen LogP contribution in [0.1, 0.15) is 45.5 Å². The average molecular weight is 474 g/mol. The van der Waals surface area contributed by atoms with Crippen LogP contribution in [-0.2, 0) is 17.8 Å². The van der Waals surface area contributed by atoms with E-state index < -0.39 is 0 Å². The van der Waals surface area contributed by atoms with E-state index in [1.807, 2.05) is 16.7 Å². The summed E-state index contributed by atoms with van der Waals surface area (Å²) in [7, 11) is 0. The highest BCUT2D eigenvalue weighted by atomic mass is 35.5. The van der Waals surface area contributed by atoms with Crippen molar-refractivity contribution in [2.45, 2.75) is 25.4 Å². The number of carbonyl (C=O) groups excluding carboxylic acids is 2. The molecule has 170 valence electrons. The minimum absolute atomic E-state index is 0.0127. The topological polar surface area (TPSA) is 91.5 Å². The van der Waals surface area contributed by atoms with E-state index in [4.69, 9.17) is 16.3 Å². The summed E-state index contributed by atoms with van der Waals surface area (Å²) >= 11 is 6.43. The fourth-order valence-electron chi connectivity index (χ4n) is 5.00. The Morgan fingerprint density at radius 1 is 1.09 bits per heavy atom. The predicted octanol–water partition coefficient (Wildman–Crippen LogP) is 3.53. The number of halogens is 1. The maximum Gasteiger partial charge on any atom is 0.272 e. The van der Waals surface area contributed by atoms with Crippen LogP contribution in [0.15, 0.2) is 42.6 Å². The number of ether oxygens (including phenoxy) is 1. The van der Waals surface area contributed by atoms with Gasteiger partial charge in [0.05, 0.1) is 17.8 Å².